The molecule has 0 rings (SSSR count). The van der Waals surface area contributed by atoms with E-state index in [-0.39, 0.29) is 13.0 Å². The van der Waals surface area contributed by atoms with Crippen molar-refractivity contribution >= 4 is 6.09 Å². The van der Waals surface area contributed by atoms with E-state index in [1.54, 1.807) is 20.8 Å². The molecular weight excluding hydrogens is 206 g/mol. The van der Waals surface area contributed by atoms with Gasteiger partial charge in [0.25, 0.3) is 6.43 Å². The summed E-state index contributed by atoms with van der Waals surface area (Å²) in [6, 6.07) is -1.25. The van der Waals surface area contributed by atoms with Gasteiger partial charge in [-0.05, 0) is 33.7 Å². The Balaban J connectivity index is 4.11. The minimum Gasteiger partial charge on any atom is -0.444 e. The van der Waals surface area contributed by atoms with Crippen LogP contribution >= 0.6 is 0 Å². The Kier molecular flexibility index (Phi) is 5.49. The maximum atomic E-state index is 12.4. The van der Waals surface area contributed by atoms with Gasteiger partial charge in [0, 0.05) is 0 Å². The van der Waals surface area contributed by atoms with Crippen LogP contribution in [0.25, 0.3) is 0 Å². The topological polar surface area (TPSA) is 64.3 Å². The zero-order valence-electron chi connectivity index (χ0n) is 9.22. The third kappa shape index (κ3) is 7.07. The van der Waals surface area contributed by atoms with Crippen LogP contribution in [0.4, 0.5) is 13.6 Å². The minimum atomic E-state index is -2.64. The lowest BCUT2D eigenvalue weighted by atomic mass is 10.2. The second-order valence-corrected chi connectivity index (χ2v) is 4.16. The van der Waals surface area contributed by atoms with Crippen LogP contribution in [-0.2, 0) is 4.74 Å². The van der Waals surface area contributed by atoms with Crippen LogP contribution in [0.15, 0.2) is 0 Å². The average Bonchev–Trinajstić information content (AvgIpc) is 1.99. The molecule has 15 heavy (non-hydrogen) atoms. The van der Waals surface area contributed by atoms with E-state index in [1.165, 1.54) is 0 Å². The van der Waals surface area contributed by atoms with Crippen molar-refractivity contribution in [2.75, 3.05) is 6.54 Å². The maximum absolute atomic E-state index is 12.4. The van der Waals surface area contributed by atoms with Gasteiger partial charge >= 0.3 is 6.09 Å². The van der Waals surface area contributed by atoms with E-state index in [0.29, 0.717) is 0 Å². The summed E-state index contributed by atoms with van der Waals surface area (Å²) in [6.07, 6.45) is -3.46. The first-order chi connectivity index (χ1) is 6.76. The van der Waals surface area contributed by atoms with Crippen molar-refractivity contribution in [3.63, 3.8) is 0 Å². The molecule has 90 valence electrons. The van der Waals surface area contributed by atoms with Crippen LogP contribution in [0.1, 0.15) is 27.2 Å². The Hall–Kier alpha value is -0.910. The molecule has 0 aliphatic carbocycles. The van der Waals surface area contributed by atoms with Crippen LogP contribution in [-0.4, -0.2) is 30.7 Å². The van der Waals surface area contributed by atoms with Crippen LogP contribution in [0.3, 0.4) is 0 Å². The molecule has 0 aromatic heterocycles. The molecule has 1 amide bonds. The van der Waals surface area contributed by atoms with E-state index >= 15 is 0 Å². The van der Waals surface area contributed by atoms with Crippen molar-refractivity contribution in [1.82, 2.24) is 5.32 Å². The molecule has 0 aliphatic rings. The van der Waals surface area contributed by atoms with Crippen LogP contribution < -0.4 is 11.1 Å². The van der Waals surface area contributed by atoms with Gasteiger partial charge in [-0.25, -0.2) is 13.6 Å². The predicted molar refractivity (Wildman–Crippen MR) is 52.8 cm³/mol. The first-order valence-corrected chi connectivity index (χ1v) is 4.74. The van der Waals surface area contributed by atoms with Gasteiger partial charge in [-0.1, -0.05) is 0 Å². The fourth-order valence-corrected chi connectivity index (χ4v) is 0.900. The highest BCUT2D eigenvalue weighted by Gasteiger charge is 2.24. The van der Waals surface area contributed by atoms with Crippen molar-refractivity contribution in [3.8, 4) is 0 Å². The van der Waals surface area contributed by atoms with Gasteiger partial charge in [-0.15, -0.1) is 0 Å². The molecule has 0 aliphatic heterocycles. The van der Waals surface area contributed by atoms with Crippen molar-refractivity contribution in [2.24, 2.45) is 5.73 Å². The van der Waals surface area contributed by atoms with Crippen molar-refractivity contribution in [2.45, 2.75) is 45.3 Å². The molecule has 0 bridgehead atoms. The van der Waals surface area contributed by atoms with Crippen LogP contribution in [0, 0.1) is 0 Å². The molecule has 1 unspecified atom stereocenters. The maximum Gasteiger partial charge on any atom is 0.408 e. The van der Waals surface area contributed by atoms with Gasteiger partial charge < -0.3 is 15.8 Å². The zero-order chi connectivity index (χ0) is 12.1. The molecule has 4 nitrogen and oxygen atoms in total. The van der Waals surface area contributed by atoms with Crippen LogP contribution in [0.5, 0.6) is 0 Å². The number of rotatable bonds is 4. The van der Waals surface area contributed by atoms with Gasteiger partial charge in [0.1, 0.15) is 5.60 Å². The van der Waals surface area contributed by atoms with E-state index in [9.17, 15) is 13.6 Å². The van der Waals surface area contributed by atoms with E-state index in [0.717, 1.165) is 0 Å². The normalized spacial score (nSPS) is 13.8. The molecule has 0 heterocycles. The van der Waals surface area contributed by atoms with E-state index < -0.39 is 24.2 Å². The number of ether oxygens (including phenoxy) is 1. The second-order valence-electron chi connectivity index (χ2n) is 4.16. The van der Waals surface area contributed by atoms with Crippen LogP contribution in [0.2, 0.25) is 0 Å². The summed E-state index contributed by atoms with van der Waals surface area (Å²) >= 11 is 0. The van der Waals surface area contributed by atoms with Gasteiger partial charge in [-0.3, -0.25) is 0 Å². The Labute approximate surface area is 88.2 Å². The Morgan fingerprint density at radius 1 is 1.47 bits per heavy atom. The molecule has 1 atom stereocenters. The molecule has 0 aromatic carbocycles. The monoisotopic (exact) mass is 224 g/mol. The highest BCUT2D eigenvalue weighted by molar-refractivity contribution is 5.68. The number of alkyl halides is 2. The Morgan fingerprint density at radius 3 is 2.33 bits per heavy atom. The van der Waals surface area contributed by atoms with Gasteiger partial charge in [0.2, 0.25) is 0 Å². The highest BCUT2D eigenvalue weighted by Crippen LogP contribution is 2.09. The van der Waals surface area contributed by atoms with Crippen molar-refractivity contribution in [3.05, 3.63) is 0 Å². The molecule has 0 aromatic rings. The number of carbonyl (C=O) groups is 1. The first kappa shape index (κ1) is 14.1. The summed E-state index contributed by atoms with van der Waals surface area (Å²) in [5, 5.41) is 2.08. The number of hydrogen-bond acceptors (Lipinski definition) is 3. The van der Waals surface area contributed by atoms with Crippen molar-refractivity contribution in [1.29, 1.82) is 0 Å². The third-order valence-corrected chi connectivity index (χ3v) is 1.48. The molecule has 0 saturated heterocycles. The molecule has 0 saturated carbocycles. The number of nitrogens with one attached hydrogen (secondary N) is 1. The largest absolute Gasteiger partial charge is 0.444 e. The Bertz CT molecular complexity index is 205. The molecule has 0 fully saturated rings. The number of halogens is 2. The first-order valence-electron chi connectivity index (χ1n) is 4.74. The summed E-state index contributed by atoms with van der Waals surface area (Å²) in [5.41, 5.74) is 4.45. The SMILES string of the molecule is CC(C)(C)OC(=O)NC(CCN)C(F)F. The van der Waals surface area contributed by atoms with Crippen molar-refractivity contribution < 1.29 is 18.3 Å². The second kappa shape index (κ2) is 5.85. The van der Waals surface area contributed by atoms with E-state index in [4.69, 9.17) is 10.5 Å². The molecule has 0 radical (unpaired) electrons. The lowest BCUT2D eigenvalue weighted by Gasteiger charge is -2.23. The zero-order valence-corrected chi connectivity index (χ0v) is 9.22. The van der Waals surface area contributed by atoms with E-state index in [1.807, 2.05) is 0 Å². The summed E-state index contributed by atoms with van der Waals surface area (Å²) < 4.78 is 29.5. The van der Waals surface area contributed by atoms with Gasteiger partial charge in [0.15, 0.2) is 0 Å². The predicted octanol–water partition coefficient (Wildman–Crippen LogP) is 1.49. The molecular formula is C9H18F2N2O2. The third-order valence-electron chi connectivity index (χ3n) is 1.48. The number of nitrogens with two attached hydrogens (primary N) is 1. The quantitative estimate of drug-likeness (QED) is 0.760. The summed E-state index contributed by atoms with van der Waals surface area (Å²) in [4.78, 5) is 11.1. The summed E-state index contributed by atoms with van der Waals surface area (Å²) in [5.74, 6) is 0. The molecule has 0 spiro atoms. The molecule has 3 N–H and O–H groups in total. The lowest BCUT2D eigenvalue weighted by molar-refractivity contribution is 0.0368. The average molecular weight is 224 g/mol. The van der Waals surface area contributed by atoms with E-state index in [2.05, 4.69) is 5.32 Å². The minimum absolute atomic E-state index is 0.0247. The number of alkyl carbamates (subject to hydrolysis) is 1. The summed E-state index contributed by atoms with van der Waals surface area (Å²) in [6.45, 7) is 5.07. The summed E-state index contributed by atoms with van der Waals surface area (Å²) in [7, 11) is 0. The fraction of sp³-hybridized carbons (Fsp3) is 0.889. The number of carbonyl (C=O) groups excluding carboxylic acids is 1. The lowest BCUT2D eigenvalue weighted by Crippen LogP contribution is -2.43. The smallest absolute Gasteiger partial charge is 0.408 e. The number of hydrogen-bond donors (Lipinski definition) is 2. The Morgan fingerprint density at radius 2 is 2.00 bits per heavy atom. The highest BCUT2D eigenvalue weighted by atomic mass is 19.3. The van der Waals surface area contributed by atoms with Gasteiger partial charge in [-0.2, -0.15) is 0 Å². The molecule has 6 heteroatoms. The standard InChI is InChI=1S/C9H18F2N2O2/c1-9(2,3)15-8(14)13-6(4-5-12)7(10)11/h6-7H,4-5,12H2,1-3H3,(H,13,14). The number of amides is 1. The fourth-order valence-electron chi connectivity index (χ4n) is 0.900. The van der Waals surface area contributed by atoms with Gasteiger partial charge in [0.05, 0.1) is 6.04 Å².